The number of hydrogen-bond acceptors (Lipinski definition) is 6. The number of carbonyl (C=O) groups excluding carboxylic acids is 2. The number of carbonyl (C=O) groups is 2. The van der Waals surface area contributed by atoms with Crippen LogP contribution in [0.1, 0.15) is 61.7 Å². The summed E-state index contributed by atoms with van der Waals surface area (Å²) in [5.41, 5.74) is 6.96. The molecule has 1 N–H and O–H groups in total. The number of anilines is 1. The summed E-state index contributed by atoms with van der Waals surface area (Å²) in [5, 5.41) is 3.58. The minimum absolute atomic E-state index is 0.0751. The number of esters is 2. The molecule has 0 fully saturated rings. The van der Waals surface area contributed by atoms with E-state index in [1.54, 1.807) is 45.2 Å². The fraction of sp³-hybridized carbons (Fsp3) is 0.312. The highest BCUT2D eigenvalue weighted by Crippen LogP contribution is 2.43. The normalized spacial score (nSPS) is 13.7. The predicted molar refractivity (Wildman–Crippen MR) is 151 cm³/mol. The van der Waals surface area contributed by atoms with Crippen molar-refractivity contribution in [3.63, 3.8) is 0 Å². The van der Waals surface area contributed by atoms with Crippen molar-refractivity contribution in [3.8, 4) is 22.6 Å². The lowest BCUT2D eigenvalue weighted by Gasteiger charge is -2.33. The molecule has 0 amide bonds. The van der Waals surface area contributed by atoms with E-state index in [1.165, 1.54) is 0 Å². The monoisotopic (exact) mass is 513 g/mol. The van der Waals surface area contributed by atoms with Gasteiger partial charge in [0.15, 0.2) is 0 Å². The number of methoxy groups -OCH3 is 1. The van der Waals surface area contributed by atoms with Crippen LogP contribution in [0.5, 0.6) is 11.5 Å². The average molecular weight is 514 g/mol. The molecule has 6 nitrogen and oxygen atoms in total. The summed E-state index contributed by atoms with van der Waals surface area (Å²) in [6.45, 7) is 11.9. The Morgan fingerprint density at radius 2 is 1.63 bits per heavy atom. The van der Waals surface area contributed by atoms with Gasteiger partial charge in [-0.05, 0) is 69.2 Å². The van der Waals surface area contributed by atoms with Crippen molar-refractivity contribution in [1.82, 2.24) is 0 Å². The molecule has 4 rings (SSSR count). The van der Waals surface area contributed by atoms with Gasteiger partial charge in [0.2, 0.25) is 0 Å². The van der Waals surface area contributed by atoms with E-state index in [0.29, 0.717) is 17.1 Å². The third-order valence-electron chi connectivity index (χ3n) is 6.53. The van der Waals surface area contributed by atoms with Gasteiger partial charge in [-0.1, -0.05) is 43.7 Å². The zero-order valence-electron chi connectivity index (χ0n) is 23.1. The molecule has 1 aliphatic rings. The first-order chi connectivity index (χ1) is 18.0. The lowest BCUT2D eigenvalue weighted by Crippen LogP contribution is -2.32. The molecule has 0 bridgehead atoms. The van der Waals surface area contributed by atoms with Crippen molar-refractivity contribution in [2.75, 3.05) is 12.4 Å². The van der Waals surface area contributed by atoms with E-state index in [9.17, 15) is 9.59 Å². The molecule has 3 aromatic carbocycles. The molecule has 0 saturated carbocycles. The van der Waals surface area contributed by atoms with Gasteiger partial charge in [0.05, 0.1) is 24.1 Å². The van der Waals surface area contributed by atoms with E-state index >= 15 is 0 Å². The van der Waals surface area contributed by atoms with Crippen molar-refractivity contribution in [2.24, 2.45) is 5.92 Å². The van der Waals surface area contributed by atoms with Gasteiger partial charge in [0.25, 0.3) is 0 Å². The van der Waals surface area contributed by atoms with Crippen molar-refractivity contribution in [1.29, 1.82) is 0 Å². The molecule has 1 aliphatic heterocycles. The maximum atomic E-state index is 12.9. The SMILES string of the molecule is COc1cc(OC(=O)C(C)C)ccc1-c1ccc2c(c1COC(=O)c1ccc(C)cc1)C(C)=CC(C)(C)N2. The van der Waals surface area contributed by atoms with Crippen LogP contribution in [0.25, 0.3) is 16.7 Å². The maximum Gasteiger partial charge on any atom is 0.338 e. The van der Waals surface area contributed by atoms with Gasteiger partial charge >= 0.3 is 11.9 Å². The van der Waals surface area contributed by atoms with Crippen molar-refractivity contribution in [2.45, 2.75) is 53.7 Å². The zero-order chi connectivity index (χ0) is 27.6. The van der Waals surface area contributed by atoms with Crippen LogP contribution >= 0.6 is 0 Å². The highest BCUT2D eigenvalue weighted by atomic mass is 16.5. The van der Waals surface area contributed by atoms with Crippen molar-refractivity contribution in [3.05, 3.63) is 82.9 Å². The van der Waals surface area contributed by atoms with Crippen LogP contribution in [0, 0.1) is 12.8 Å². The zero-order valence-corrected chi connectivity index (χ0v) is 23.1. The van der Waals surface area contributed by atoms with E-state index in [-0.39, 0.29) is 30.0 Å². The molecular formula is C32H35NO5. The number of benzene rings is 3. The van der Waals surface area contributed by atoms with Gasteiger partial charge in [-0.2, -0.15) is 0 Å². The Morgan fingerprint density at radius 3 is 2.29 bits per heavy atom. The Morgan fingerprint density at radius 1 is 0.947 bits per heavy atom. The van der Waals surface area contributed by atoms with Gasteiger partial charge in [-0.25, -0.2) is 4.79 Å². The highest BCUT2D eigenvalue weighted by molar-refractivity contribution is 5.91. The lowest BCUT2D eigenvalue weighted by atomic mass is 9.85. The second-order valence-electron chi connectivity index (χ2n) is 10.6. The summed E-state index contributed by atoms with van der Waals surface area (Å²) >= 11 is 0. The molecule has 0 atom stereocenters. The summed E-state index contributed by atoms with van der Waals surface area (Å²) in [6, 6.07) is 16.7. The predicted octanol–water partition coefficient (Wildman–Crippen LogP) is 7.20. The maximum absolute atomic E-state index is 12.9. The minimum Gasteiger partial charge on any atom is -0.496 e. The van der Waals surface area contributed by atoms with Crippen LogP contribution in [0.4, 0.5) is 5.69 Å². The molecule has 6 heteroatoms. The summed E-state index contributed by atoms with van der Waals surface area (Å²) < 4.78 is 17.1. The Kier molecular flexibility index (Phi) is 7.63. The molecule has 0 unspecified atom stereocenters. The van der Waals surface area contributed by atoms with Crippen LogP contribution in [-0.2, 0) is 16.1 Å². The molecule has 0 saturated heterocycles. The number of hydrogen-bond donors (Lipinski definition) is 1. The quantitative estimate of drug-likeness (QED) is 0.266. The molecule has 38 heavy (non-hydrogen) atoms. The minimum atomic E-state index is -0.387. The van der Waals surface area contributed by atoms with E-state index in [4.69, 9.17) is 14.2 Å². The number of nitrogens with one attached hydrogen (secondary N) is 1. The smallest absolute Gasteiger partial charge is 0.338 e. The van der Waals surface area contributed by atoms with Gasteiger partial charge in [0, 0.05) is 28.4 Å². The van der Waals surface area contributed by atoms with Crippen LogP contribution < -0.4 is 14.8 Å². The number of rotatable bonds is 7. The Balaban J connectivity index is 1.78. The molecule has 0 aromatic heterocycles. The molecule has 3 aromatic rings. The number of aryl methyl sites for hydroxylation is 1. The third-order valence-corrected chi connectivity index (χ3v) is 6.53. The van der Waals surface area contributed by atoms with Crippen LogP contribution in [0.2, 0.25) is 0 Å². The Bertz CT molecular complexity index is 1400. The van der Waals surface area contributed by atoms with Gasteiger partial charge in [-0.15, -0.1) is 0 Å². The van der Waals surface area contributed by atoms with Crippen LogP contribution in [0.3, 0.4) is 0 Å². The summed E-state index contributed by atoms with van der Waals surface area (Å²) in [6.07, 6.45) is 2.18. The molecule has 198 valence electrons. The largest absolute Gasteiger partial charge is 0.496 e. The first-order valence-corrected chi connectivity index (χ1v) is 12.8. The van der Waals surface area contributed by atoms with Crippen molar-refractivity contribution < 1.29 is 23.8 Å². The van der Waals surface area contributed by atoms with E-state index < -0.39 is 0 Å². The van der Waals surface area contributed by atoms with E-state index in [1.807, 2.05) is 37.3 Å². The first-order valence-electron chi connectivity index (χ1n) is 12.8. The molecule has 0 aliphatic carbocycles. The number of ether oxygens (including phenoxy) is 3. The highest BCUT2D eigenvalue weighted by Gasteiger charge is 2.27. The van der Waals surface area contributed by atoms with Gasteiger partial charge in [-0.3, -0.25) is 4.79 Å². The number of fused-ring (bicyclic) bond motifs is 1. The van der Waals surface area contributed by atoms with Crippen molar-refractivity contribution >= 4 is 23.2 Å². The third kappa shape index (κ3) is 5.75. The van der Waals surface area contributed by atoms with E-state index in [0.717, 1.165) is 39.1 Å². The van der Waals surface area contributed by atoms with Gasteiger partial charge in [0.1, 0.15) is 18.1 Å². The molecule has 1 heterocycles. The Hall–Kier alpha value is -4.06. The number of allylic oxidation sites excluding steroid dienone is 1. The first kappa shape index (κ1) is 27.0. The molecule has 0 spiro atoms. The summed E-state index contributed by atoms with van der Waals surface area (Å²) in [5.74, 6) is 0.0153. The average Bonchev–Trinajstić information content (AvgIpc) is 2.86. The summed E-state index contributed by atoms with van der Waals surface area (Å²) in [7, 11) is 1.58. The van der Waals surface area contributed by atoms with Gasteiger partial charge < -0.3 is 19.5 Å². The van der Waals surface area contributed by atoms with Crippen LogP contribution in [0.15, 0.2) is 60.7 Å². The second-order valence-corrected chi connectivity index (χ2v) is 10.6. The second kappa shape index (κ2) is 10.7. The standard InChI is InChI=1S/C32H35NO5/c1-19(2)30(34)38-23-12-13-25(28(16-23)36-7)24-14-15-27-29(21(4)17-32(5,6)33-27)26(24)18-37-31(35)22-10-8-20(3)9-11-22/h8-17,19,33H,18H2,1-7H3. The topological polar surface area (TPSA) is 73.9 Å². The van der Waals surface area contributed by atoms with E-state index in [2.05, 4.69) is 32.2 Å². The fourth-order valence-corrected chi connectivity index (χ4v) is 4.70. The molecule has 0 radical (unpaired) electrons. The fourth-order valence-electron chi connectivity index (χ4n) is 4.70. The summed E-state index contributed by atoms with van der Waals surface area (Å²) in [4.78, 5) is 25.1. The molecular weight excluding hydrogens is 478 g/mol. The Labute approximate surface area is 224 Å². The lowest BCUT2D eigenvalue weighted by molar-refractivity contribution is -0.137. The van der Waals surface area contributed by atoms with Crippen LogP contribution in [-0.4, -0.2) is 24.6 Å².